The molecule has 1 unspecified atom stereocenters. The Morgan fingerprint density at radius 2 is 1.27 bits per heavy atom. The largest absolute Gasteiger partial charge is 0.780 e. The fraction of sp³-hybridized carbons (Fsp3) is 0.293. The topological polar surface area (TPSA) is 44.9 Å². The maximum atomic E-state index is 7.20. The third-order valence-corrected chi connectivity index (χ3v) is 10.3. The van der Waals surface area contributed by atoms with E-state index in [9.17, 15) is 0 Å². The van der Waals surface area contributed by atoms with Crippen molar-refractivity contribution in [1.29, 1.82) is 0 Å². The maximum absolute atomic E-state index is 7.20. The highest BCUT2D eigenvalue weighted by atomic mass is 16.6. The molecule has 0 saturated heterocycles. The summed E-state index contributed by atoms with van der Waals surface area (Å²) in [5, 5.41) is 2.30. The second-order valence-corrected chi connectivity index (χ2v) is 13.4. The van der Waals surface area contributed by atoms with E-state index in [1.807, 2.05) is 12.1 Å². The number of rotatable bonds is 12. The van der Waals surface area contributed by atoms with Gasteiger partial charge in [0.25, 0.3) is 0 Å². The van der Waals surface area contributed by atoms with E-state index in [1.165, 1.54) is 38.5 Å². The van der Waals surface area contributed by atoms with Gasteiger partial charge in [0, 0.05) is 33.8 Å². The van der Waals surface area contributed by atoms with Crippen molar-refractivity contribution >= 4 is 35.1 Å². The normalized spacial score (nSPS) is 17.4. The van der Waals surface area contributed by atoms with Crippen LogP contribution in [0.3, 0.4) is 0 Å². The van der Waals surface area contributed by atoms with Crippen LogP contribution in [0.4, 0.5) is 0 Å². The monoisotopic (exact) mass is 636 g/mol. The summed E-state index contributed by atoms with van der Waals surface area (Å²) in [6.07, 6.45) is 11.7. The van der Waals surface area contributed by atoms with Crippen molar-refractivity contribution in [2.75, 3.05) is 13.2 Å². The summed E-state index contributed by atoms with van der Waals surface area (Å²) in [6, 6.07) is 29.8. The van der Waals surface area contributed by atoms with Gasteiger partial charge in [0.05, 0.1) is 41.4 Å². The average Bonchev–Trinajstić information content (AvgIpc) is 3.63. The highest BCUT2D eigenvalue weighted by Gasteiger charge is 2.64. The van der Waals surface area contributed by atoms with Crippen molar-refractivity contribution in [3.63, 3.8) is 0 Å². The van der Waals surface area contributed by atoms with Crippen molar-refractivity contribution in [2.24, 2.45) is 0 Å². The van der Waals surface area contributed by atoms with Crippen LogP contribution in [0.1, 0.15) is 87.6 Å². The number of hydrogen-bond donors (Lipinski definition) is 0. The molecule has 48 heavy (non-hydrogen) atoms. The standard InChI is InChI=1S/C41H41BN2O4/c1-3-5-7-13-23-45-28-19-21-30-34(25-28)40-32-15-9-11-17-38(32)47-42-43(40)36(30)27-37-31-22-20-29(46-24-14-8-6-4-2)26-35(31)41(44(37)42)33-16-10-12-18-39(33)48-42/h9-12,15-22,25-27H,3-8,13-14,23-24H2,1-2H3. The minimum atomic E-state index is -2.27. The predicted octanol–water partition coefficient (Wildman–Crippen LogP) is 9.67. The SMILES string of the molecule is CCCCCCOc1ccc2c(c1)C1=[N+]3C2=Cc2c4ccc(OCCCCCC)cc4c4n2[B-]3(Oc2ccccc21)Oc1ccccc1-4. The number of fused-ring (bicyclic) bond motifs is 10. The predicted molar refractivity (Wildman–Crippen MR) is 193 cm³/mol. The van der Waals surface area contributed by atoms with E-state index >= 15 is 0 Å². The first kappa shape index (κ1) is 29.3. The number of nitrogens with zero attached hydrogens (tertiary/aromatic N) is 2. The fourth-order valence-electron chi connectivity index (χ4n) is 8.13. The molecule has 9 rings (SSSR count). The molecule has 242 valence electrons. The maximum Gasteiger partial charge on any atom is 0.780 e. The molecule has 4 aromatic carbocycles. The van der Waals surface area contributed by atoms with Gasteiger partial charge in [0.15, 0.2) is 11.4 Å². The van der Waals surface area contributed by atoms with Crippen LogP contribution in [0.5, 0.6) is 23.0 Å². The molecule has 5 aromatic rings. The van der Waals surface area contributed by atoms with Gasteiger partial charge >= 0.3 is 6.82 Å². The second-order valence-electron chi connectivity index (χ2n) is 13.4. The van der Waals surface area contributed by atoms with E-state index in [0.29, 0.717) is 0 Å². The molecule has 6 nitrogen and oxygen atoms in total. The average molecular weight is 637 g/mol. The van der Waals surface area contributed by atoms with Crippen molar-refractivity contribution in [2.45, 2.75) is 65.2 Å². The lowest BCUT2D eigenvalue weighted by atomic mass is 9.77. The molecule has 0 radical (unpaired) electrons. The van der Waals surface area contributed by atoms with E-state index in [2.05, 4.69) is 102 Å². The van der Waals surface area contributed by atoms with E-state index in [1.54, 1.807) is 0 Å². The van der Waals surface area contributed by atoms with E-state index in [-0.39, 0.29) is 0 Å². The summed E-state index contributed by atoms with van der Waals surface area (Å²) in [6.45, 7) is 3.65. The van der Waals surface area contributed by atoms with Crippen LogP contribution < -0.4 is 18.8 Å². The summed E-state index contributed by atoms with van der Waals surface area (Å²) < 4.78 is 31.7. The zero-order valence-electron chi connectivity index (χ0n) is 27.8. The van der Waals surface area contributed by atoms with Crippen LogP contribution in [0.25, 0.3) is 33.8 Å². The molecule has 0 saturated carbocycles. The highest BCUT2D eigenvalue weighted by Crippen LogP contribution is 2.53. The van der Waals surface area contributed by atoms with Gasteiger partial charge in [-0.1, -0.05) is 76.6 Å². The summed E-state index contributed by atoms with van der Waals surface area (Å²) in [5.41, 5.74) is 8.76. The molecule has 0 fully saturated rings. The van der Waals surface area contributed by atoms with Crippen molar-refractivity contribution in [3.8, 4) is 34.3 Å². The van der Waals surface area contributed by atoms with Gasteiger partial charge in [-0.05, 0) is 73.5 Å². The third-order valence-electron chi connectivity index (χ3n) is 10.3. The van der Waals surface area contributed by atoms with Crippen LogP contribution >= 0.6 is 0 Å². The Hall–Kier alpha value is -4.91. The first-order valence-electron chi connectivity index (χ1n) is 17.9. The van der Waals surface area contributed by atoms with Crippen molar-refractivity contribution < 1.29 is 23.3 Å². The summed E-state index contributed by atoms with van der Waals surface area (Å²) in [5.74, 6) is 3.42. The first-order chi connectivity index (χ1) is 23.7. The molecule has 5 heterocycles. The molecule has 7 heteroatoms. The van der Waals surface area contributed by atoms with Crippen LogP contribution in [0.2, 0.25) is 0 Å². The zero-order chi connectivity index (χ0) is 32.2. The van der Waals surface area contributed by atoms with Crippen LogP contribution in [-0.2, 0) is 0 Å². The molecule has 0 amide bonds. The number of para-hydroxylation sites is 2. The summed E-state index contributed by atoms with van der Waals surface area (Å²) >= 11 is 0. The minimum absolute atomic E-state index is 0.721. The minimum Gasteiger partial charge on any atom is -0.601 e. The van der Waals surface area contributed by atoms with Crippen LogP contribution in [-0.4, -0.2) is 34.7 Å². The van der Waals surface area contributed by atoms with E-state index < -0.39 is 6.82 Å². The van der Waals surface area contributed by atoms with Gasteiger partial charge in [-0.15, -0.1) is 0 Å². The van der Waals surface area contributed by atoms with Gasteiger partial charge in [-0.25, -0.2) is 0 Å². The van der Waals surface area contributed by atoms with Crippen molar-refractivity contribution in [1.82, 2.24) is 4.48 Å². The van der Waals surface area contributed by atoms with Gasteiger partial charge in [-0.3, -0.25) is 0 Å². The number of unbranched alkanes of at least 4 members (excludes halogenated alkanes) is 6. The Morgan fingerprint density at radius 1 is 0.625 bits per heavy atom. The molecule has 0 aliphatic carbocycles. The second kappa shape index (κ2) is 11.7. The molecular weight excluding hydrogens is 595 g/mol. The fourth-order valence-corrected chi connectivity index (χ4v) is 8.13. The van der Waals surface area contributed by atoms with Crippen molar-refractivity contribution in [3.05, 3.63) is 107 Å². The molecular formula is C41H41BN2O4. The number of aromatic nitrogens is 1. The smallest absolute Gasteiger partial charge is 0.601 e. The Morgan fingerprint density at radius 3 is 2.00 bits per heavy atom. The van der Waals surface area contributed by atoms with Crippen LogP contribution in [0, 0.1) is 0 Å². The number of benzene rings is 4. The third kappa shape index (κ3) is 4.36. The van der Waals surface area contributed by atoms with Gasteiger partial charge in [0.2, 0.25) is 0 Å². The lowest BCUT2D eigenvalue weighted by Gasteiger charge is -2.46. The molecule has 4 aliphatic heterocycles. The Bertz CT molecular complexity index is 2150. The lowest BCUT2D eigenvalue weighted by molar-refractivity contribution is -0.330. The number of hydrogen-bond acceptors (Lipinski definition) is 4. The first-order valence-corrected chi connectivity index (χ1v) is 17.9. The Kier molecular flexibility index (Phi) is 7.10. The molecule has 1 aromatic heterocycles. The van der Waals surface area contributed by atoms with Gasteiger partial charge in [-0.2, -0.15) is 0 Å². The summed E-state index contributed by atoms with van der Waals surface area (Å²) in [4.78, 5) is 0. The quantitative estimate of drug-likeness (QED) is 0.101. The molecule has 0 N–H and O–H groups in total. The molecule has 0 bridgehead atoms. The Labute approximate surface area is 282 Å². The lowest BCUT2D eigenvalue weighted by Crippen LogP contribution is -2.69. The molecule has 4 aliphatic rings. The molecule has 1 spiro atoms. The summed E-state index contributed by atoms with van der Waals surface area (Å²) in [7, 11) is 0. The van der Waals surface area contributed by atoms with Crippen LogP contribution in [0.15, 0.2) is 84.9 Å². The molecule has 1 atom stereocenters. The van der Waals surface area contributed by atoms with E-state index in [4.69, 9.17) is 18.8 Å². The van der Waals surface area contributed by atoms with Gasteiger partial charge < -0.3 is 27.7 Å². The highest BCUT2D eigenvalue weighted by molar-refractivity contribution is 6.65. The Balaban J connectivity index is 1.23. The van der Waals surface area contributed by atoms with E-state index in [0.717, 1.165) is 105 Å². The number of ether oxygens (including phenoxy) is 2. The van der Waals surface area contributed by atoms with Gasteiger partial charge in [0.1, 0.15) is 11.5 Å². The zero-order valence-corrected chi connectivity index (χ0v) is 27.8.